The zero-order valence-electron chi connectivity index (χ0n) is 19.9. The number of nitrogens with one attached hydrogen (secondary N) is 2. The smallest absolute Gasteiger partial charge is 0.250 e. The molecule has 0 aliphatic carbocycles. The Kier molecular flexibility index (Phi) is 6.53. The predicted molar refractivity (Wildman–Crippen MR) is 134 cm³/mol. The maximum atomic E-state index is 13.6. The van der Waals surface area contributed by atoms with Crippen molar-refractivity contribution in [2.45, 2.75) is 24.9 Å². The first-order valence-corrected chi connectivity index (χ1v) is 11.6. The fourth-order valence-corrected chi connectivity index (χ4v) is 4.44. The summed E-state index contributed by atoms with van der Waals surface area (Å²) in [5, 5.41) is 10.8. The predicted octanol–water partition coefficient (Wildman–Crippen LogP) is 4.76. The molecular weight excluding hydrogens is 461 g/mol. The van der Waals surface area contributed by atoms with E-state index < -0.39 is 0 Å². The SMILES string of the molecule is COc1ccc(CC(=O)Nc2nc3n(n2)[C@@H](c2ccc(F)cc2)C[C@H](c2ccccc2)N3)cc1OC. The van der Waals surface area contributed by atoms with Crippen LogP contribution in [0.25, 0.3) is 0 Å². The minimum absolute atomic E-state index is 0.0201. The number of carbonyl (C=O) groups excluding carboxylic acids is 1. The first-order chi connectivity index (χ1) is 17.5. The molecule has 1 aromatic heterocycles. The summed E-state index contributed by atoms with van der Waals surface area (Å²) < 4.78 is 25.9. The molecule has 5 rings (SSSR count). The number of nitrogens with zero attached hydrogens (tertiary/aromatic N) is 3. The van der Waals surface area contributed by atoms with Gasteiger partial charge in [0, 0.05) is 0 Å². The Morgan fingerprint density at radius 1 is 1.03 bits per heavy atom. The van der Waals surface area contributed by atoms with E-state index in [-0.39, 0.29) is 36.2 Å². The van der Waals surface area contributed by atoms with E-state index >= 15 is 0 Å². The Morgan fingerprint density at radius 2 is 1.78 bits per heavy atom. The number of carbonyl (C=O) groups is 1. The molecular formula is C27H26FN5O3. The highest BCUT2D eigenvalue weighted by Crippen LogP contribution is 2.38. The van der Waals surface area contributed by atoms with Crippen molar-refractivity contribution in [2.24, 2.45) is 0 Å². The molecule has 0 fully saturated rings. The van der Waals surface area contributed by atoms with Crippen molar-refractivity contribution >= 4 is 17.8 Å². The summed E-state index contributed by atoms with van der Waals surface area (Å²) in [6, 6.07) is 21.6. The van der Waals surface area contributed by atoms with Gasteiger partial charge in [-0.25, -0.2) is 9.07 Å². The molecule has 1 amide bonds. The molecule has 0 radical (unpaired) electrons. The lowest BCUT2D eigenvalue weighted by Gasteiger charge is -2.31. The van der Waals surface area contributed by atoms with Crippen LogP contribution in [0.3, 0.4) is 0 Å². The first-order valence-electron chi connectivity index (χ1n) is 11.6. The topological polar surface area (TPSA) is 90.3 Å². The fourth-order valence-electron chi connectivity index (χ4n) is 4.44. The Morgan fingerprint density at radius 3 is 2.50 bits per heavy atom. The number of benzene rings is 3. The first kappa shape index (κ1) is 23.3. The van der Waals surface area contributed by atoms with Gasteiger partial charge in [-0.05, 0) is 47.4 Å². The van der Waals surface area contributed by atoms with Gasteiger partial charge in [0.05, 0.1) is 32.7 Å². The summed E-state index contributed by atoms with van der Waals surface area (Å²) in [6.07, 6.45) is 0.802. The second kappa shape index (κ2) is 10.1. The number of anilines is 2. The van der Waals surface area contributed by atoms with Crippen LogP contribution in [-0.2, 0) is 11.2 Å². The summed E-state index contributed by atoms with van der Waals surface area (Å²) in [6.45, 7) is 0. The van der Waals surface area contributed by atoms with Gasteiger partial charge in [0.15, 0.2) is 11.5 Å². The average Bonchev–Trinajstić information content (AvgIpc) is 3.31. The van der Waals surface area contributed by atoms with Gasteiger partial charge in [-0.3, -0.25) is 10.1 Å². The minimum atomic E-state index is -0.297. The van der Waals surface area contributed by atoms with Crippen molar-refractivity contribution < 1.29 is 18.7 Å². The van der Waals surface area contributed by atoms with E-state index in [1.54, 1.807) is 43.2 Å². The molecule has 184 valence electrons. The highest BCUT2D eigenvalue weighted by atomic mass is 19.1. The number of methoxy groups -OCH3 is 2. The lowest BCUT2D eigenvalue weighted by Crippen LogP contribution is -2.28. The van der Waals surface area contributed by atoms with Crippen LogP contribution in [0.5, 0.6) is 11.5 Å². The third kappa shape index (κ3) is 4.86. The number of fused-ring (bicyclic) bond motifs is 1. The molecule has 9 heteroatoms. The van der Waals surface area contributed by atoms with Crippen LogP contribution in [0, 0.1) is 5.82 Å². The van der Waals surface area contributed by atoms with E-state index in [1.165, 1.54) is 12.1 Å². The number of halogens is 1. The Balaban J connectivity index is 1.39. The zero-order valence-corrected chi connectivity index (χ0v) is 19.9. The molecule has 0 saturated heterocycles. The van der Waals surface area contributed by atoms with Crippen molar-refractivity contribution in [2.75, 3.05) is 24.9 Å². The summed E-state index contributed by atoms with van der Waals surface area (Å²) in [4.78, 5) is 17.3. The monoisotopic (exact) mass is 487 g/mol. The number of hydrogen-bond donors (Lipinski definition) is 2. The molecule has 36 heavy (non-hydrogen) atoms. The van der Waals surface area contributed by atoms with Gasteiger partial charge in [0.2, 0.25) is 11.9 Å². The van der Waals surface area contributed by atoms with Crippen LogP contribution in [0.2, 0.25) is 0 Å². The van der Waals surface area contributed by atoms with E-state index in [4.69, 9.17) is 9.47 Å². The van der Waals surface area contributed by atoms with Crippen LogP contribution in [-0.4, -0.2) is 34.9 Å². The highest BCUT2D eigenvalue weighted by Gasteiger charge is 2.31. The summed E-state index contributed by atoms with van der Waals surface area (Å²) >= 11 is 0. The number of amides is 1. The molecule has 2 N–H and O–H groups in total. The summed E-state index contributed by atoms with van der Waals surface area (Å²) in [7, 11) is 3.11. The fraction of sp³-hybridized carbons (Fsp3) is 0.222. The number of hydrogen-bond acceptors (Lipinski definition) is 6. The molecule has 3 aromatic carbocycles. The molecule has 2 atom stereocenters. The minimum Gasteiger partial charge on any atom is -0.493 e. The van der Waals surface area contributed by atoms with Gasteiger partial charge in [-0.15, -0.1) is 5.10 Å². The number of rotatable bonds is 7. The van der Waals surface area contributed by atoms with E-state index in [0.717, 1.165) is 16.7 Å². The Labute approximate surface area is 208 Å². The molecule has 8 nitrogen and oxygen atoms in total. The lowest BCUT2D eigenvalue weighted by molar-refractivity contribution is -0.115. The molecule has 0 bridgehead atoms. The second-order valence-electron chi connectivity index (χ2n) is 8.53. The van der Waals surface area contributed by atoms with Crippen molar-refractivity contribution in [1.29, 1.82) is 0 Å². The standard InChI is InChI=1S/C27H26FN5O3/c1-35-23-13-8-17(14-24(23)36-2)15-25(34)30-26-31-27-29-21(18-6-4-3-5-7-18)16-22(33(27)32-26)19-9-11-20(28)12-10-19/h3-14,21-22H,15-16H2,1-2H3,(H2,29,30,31,32,34)/t21-,22-/m1/s1. The largest absolute Gasteiger partial charge is 0.493 e. The zero-order chi connectivity index (χ0) is 25.1. The van der Waals surface area contributed by atoms with E-state index in [1.807, 2.05) is 24.3 Å². The molecule has 0 saturated carbocycles. The molecule has 1 aliphatic heterocycles. The van der Waals surface area contributed by atoms with Gasteiger partial charge in [-0.1, -0.05) is 48.5 Å². The number of ether oxygens (including phenoxy) is 2. The second-order valence-corrected chi connectivity index (χ2v) is 8.53. The summed E-state index contributed by atoms with van der Waals surface area (Å²) in [5.74, 6) is 1.32. The number of aromatic nitrogens is 3. The van der Waals surface area contributed by atoms with Gasteiger partial charge in [0.25, 0.3) is 5.95 Å². The van der Waals surface area contributed by atoms with Crippen molar-refractivity contribution in [1.82, 2.24) is 14.8 Å². The van der Waals surface area contributed by atoms with E-state index in [2.05, 4.69) is 32.8 Å². The Bertz CT molecular complexity index is 1360. The third-order valence-corrected chi connectivity index (χ3v) is 6.21. The molecule has 0 spiro atoms. The average molecular weight is 488 g/mol. The lowest BCUT2D eigenvalue weighted by atomic mass is 9.93. The van der Waals surface area contributed by atoms with Gasteiger partial charge in [-0.2, -0.15) is 4.98 Å². The van der Waals surface area contributed by atoms with Crippen molar-refractivity contribution in [3.05, 3.63) is 95.3 Å². The normalized spacial score (nSPS) is 16.5. The van der Waals surface area contributed by atoms with Crippen LogP contribution in [0.15, 0.2) is 72.8 Å². The van der Waals surface area contributed by atoms with Crippen LogP contribution in [0.1, 0.15) is 35.2 Å². The highest BCUT2D eigenvalue weighted by molar-refractivity contribution is 5.90. The van der Waals surface area contributed by atoms with Crippen molar-refractivity contribution in [3.63, 3.8) is 0 Å². The van der Waals surface area contributed by atoms with Crippen LogP contribution < -0.4 is 20.1 Å². The maximum absolute atomic E-state index is 13.6. The van der Waals surface area contributed by atoms with Crippen LogP contribution >= 0.6 is 0 Å². The van der Waals surface area contributed by atoms with Gasteiger partial charge < -0.3 is 14.8 Å². The van der Waals surface area contributed by atoms with Crippen molar-refractivity contribution in [3.8, 4) is 11.5 Å². The van der Waals surface area contributed by atoms with E-state index in [9.17, 15) is 9.18 Å². The van der Waals surface area contributed by atoms with Gasteiger partial charge in [0.1, 0.15) is 5.82 Å². The molecule has 4 aromatic rings. The van der Waals surface area contributed by atoms with Crippen LogP contribution in [0.4, 0.5) is 16.3 Å². The van der Waals surface area contributed by atoms with Gasteiger partial charge >= 0.3 is 0 Å². The van der Waals surface area contributed by atoms with E-state index in [0.29, 0.717) is 23.9 Å². The quantitative estimate of drug-likeness (QED) is 0.391. The molecule has 0 unspecified atom stereocenters. The third-order valence-electron chi connectivity index (χ3n) is 6.21. The maximum Gasteiger partial charge on any atom is 0.250 e. The Hall–Kier alpha value is -4.40. The molecule has 1 aliphatic rings. The summed E-state index contributed by atoms with van der Waals surface area (Å²) in [5.41, 5.74) is 2.78. The molecule has 2 heterocycles.